The zero-order valence-electron chi connectivity index (χ0n) is 18.0. The molecular weight excluding hydrogens is 431 g/mol. The molecule has 4 rings (SSSR count). The maximum Gasteiger partial charge on any atom is 0.230 e. The van der Waals surface area contributed by atoms with Crippen LogP contribution in [0.3, 0.4) is 0 Å². The Morgan fingerprint density at radius 2 is 1.94 bits per heavy atom. The van der Waals surface area contributed by atoms with Gasteiger partial charge in [0.1, 0.15) is 5.82 Å². The van der Waals surface area contributed by atoms with Crippen molar-refractivity contribution in [2.45, 2.75) is 30.5 Å². The van der Waals surface area contributed by atoms with Crippen molar-refractivity contribution in [2.75, 3.05) is 26.5 Å². The van der Waals surface area contributed by atoms with E-state index < -0.39 is 0 Å². The van der Waals surface area contributed by atoms with E-state index >= 15 is 0 Å². The molecule has 32 heavy (non-hydrogen) atoms. The first-order valence-corrected chi connectivity index (χ1v) is 11.4. The largest absolute Gasteiger partial charge is 0.493 e. The van der Waals surface area contributed by atoms with Crippen molar-refractivity contribution < 1.29 is 18.7 Å². The summed E-state index contributed by atoms with van der Waals surface area (Å²) in [6.07, 6.45) is 2.68. The Balaban J connectivity index is 1.33. The maximum absolute atomic E-state index is 14.3. The fraction of sp³-hybridized carbons (Fsp3) is 0.348. The van der Waals surface area contributed by atoms with Gasteiger partial charge < -0.3 is 14.8 Å². The van der Waals surface area contributed by atoms with Gasteiger partial charge in [0, 0.05) is 12.6 Å². The molecule has 3 aromatic rings. The minimum atomic E-state index is -0.328. The Morgan fingerprint density at radius 3 is 2.66 bits per heavy atom. The maximum atomic E-state index is 14.3. The van der Waals surface area contributed by atoms with Crippen molar-refractivity contribution in [1.29, 1.82) is 0 Å². The molecule has 0 radical (unpaired) electrons. The van der Waals surface area contributed by atoms with Crippen LogP contribution in [0.15, 0.2) is 47.6 Å². The number of amides is 1. The van der Waals surface area contributed by atoms with E-state index in [1.54, 1.807) is 32.4 Å². The molecule has 1 amide bonds. The van der Waals surface area contributed by atoms with Crippen LogP contribution in [-0.2, 0) is 11.2 Å². The smallest absolute Gasteiger partial charge is 0.230 e. The predicted octanol–water partition coefficient (Wildman–Crippen LogP) is 3.89. The topological polar surface area (TPSA) is 78.3 Å². The molecule has 1 aliphatic rings. The average molecular weight is 457 g/mol. The lowest BCUT2D eigenvalue weighted by Crippen LogP contribution is -2.27. The molecule has 1 saturated carbocycles. The summed E-state index contributed by atoms with van der Waals surface area (Å²) in [5.41, 5.74) is 1.47. The number of ether oxygens (including phenoxy) is 2. The van der Waals surface area contributed by atoms with E-state index in [1.807, 2.05) is 22.8 Å². The Morgan fingerprint density at radius 1 is 1.16 bits per heavy atom. The molecule has 0 aliphatic heterocycles. The number of hydrogen-bond acceptors (Lipinski definition) is 6. The molecule has 0 saturated heterocycles. The molecule has 9 heteroatoms. The van der Waals surface area contributed by atoms with Gasteiger partial charge in [0.2, 0.25) is 5.91 Å². The van der Waals surface area contributed by atoms with Crippen molar-refractivity contribution in [3.8, 4) is 22.9 Å². The van der Waals surface area contributed by atoms with Crippen LogP contribution in [-0.4, -0.2) is 47.2 Å². The van der Waals surface area contributed by atoms with E-state index in [9.17, 15) is 9.18 Å². The number of hydrogen-bond donors (Lipinski definition) is 1. The van der Waals surface area contributed by atoms with Crippen molar-refractivity contribution >= 4 is 17.7 Å². The van der Waals surface area contributed by atoms with Gasteiger partial charge in [0.25, 0.3) is 0 Å². The minimum Gasteiger partial charge on any atom is -0.493 e. The fourth-order valence-electron chi connectivity index (χ4n) is 3.43. The highest BCUT2D eigenvalue weighted by Crippen LogP contribution is 2.41. The van der Waals surface area contributed by atoms with Gasteiger partial charge in [-0.15, -0.1) is 10.2 Å². The Kier molecular flexibility index (Phi) is 6.94. The van der Waals surface area contributed by atoms with Crippen molar-refractivity contribution in [3.05, 3.63) is 53.8 Å². The normalized spacial score (nSPS) is 13.1. The third kappa shape index (κ3) is 5.04. The summed E-state index contributed by atoms with van der Waals surface area (Å²) >= 11 is 1.32. The highest BCUT2D eigenvalue weighted by atomic mass is 32.2. The van der Waals surface area contributed by atoms with Crippen molar-refractivity contribution in [2.24, 2.45) is 0 Å². The second kappa shape index (κ2) is 10.0. The highest BCUT2D eigenvalue weighted by Gasteiger charge is 2.31. The number of thioether (sulfide) groups is 1. The summed E-state index contributed by atoms with van der Waals surface area (Å²) in [6, 6.07) is 12.5. The van der Waals surface area contributed by atoms with Gasteiger partial charge in [-0.2, -0.15) is 0 Å². The lowest BCUT2D eigenvalue weighted by Gasteiger charge is -2.11. The molecule has 0 atom stereocenters. The zero-order valence-corrected chi connectivity index (χ0v) is 18.8. The quantitative estimate of drug-likeness (QED) is 0.467. The first-order valence-electron chi connectivity index (χ1n) is 10.4. The first kappa shape index (κ1) is 22.1. The lowest BCUT2D eigenvalue weighted by atomic mass is 10.1. The molecular formula is C23H25FN4O3S. The average Bonchev–Trinajstić information content (AvgIpc) is 3.57. The van der Waals surface area contributed by atoms with E-state index in [0.29, 0.717) is 41.0 Å². The van der Waals surface area contributed by atoms with Crippen LogP contribution in [0.1, 0.15) is 24.4 Å². The molecule has 2 aromatic carbocycles. The molecule has 1 heterocycles. The Bertz CT molecular complexity index is 1100. The van der Waals surface area contributed by atoms with Crippen LogP contribution < -0.4 is 14.8 Å². The van der Waals surface area contributed by atoms with Crippen LogP contribution in [0.4, 0.5) is 4.39 Å². The summed E-state index contributed by atoms with van der Waals surface area (Å²) in [5.74, 6) is 1.65. The van der Waals surface area contributed by atoms with E-state index in [-0.39, 0.29) is 23.5 Å². The monoisotopic (exact) mass is 456 g/mol. The van der Waals surface area contributed by atoms with Crippen LogP contribution >= 0.6 is 11.8 Å². The number of benzene rings is 2. The van der Waals surface area contributed by atoms with Gasteiger partial charge in [-0.1, -0.05) is 30.0 Å². The van der Waals surface area contributed by atoms with Gasteiger partial charge in [-0.3, -0.25) is 9.36 Å². The van der Waals surface area contributed by atoms with Gasteiger partial charge in [-0.05, 0) is 49.1 Å². The number of nitrogens with one attached hydrogen (secondary N) is 1. The molecule has 168 valence electrons. The van der Waals surface area contributed by atoms with Crippen LogP contribution in [0.5, 0.6) is 11.5 Å². The van der Waals surface area contributed by atoms with E-state index in [1.165, 1.54) is 17.8 Å². The van der Waals surface area contributed by atoms with Gasteiger partial charge in [-0.25, -0.2) is 4.39 Å². The second-order valence-corrected chi connectivity index (χ2v) is 8.41. The molecule has 0 unspecified atom stereocenters. The number of methoxy groups -OCH3 is 2. The van der Waals surface area contributed by atoms with E-state index in [4.69, 9.17) is 9.47 Å². The van der Waals surface area contributed by atoms with E-state index in [0.717, 1.165) is 18.4 Å². The molecule has 7 nitrogen and oxygen atoms in total. The molecule has 0 bridgehead atoms. The molecule has 1 aliphatic carbocycles. The van der Waals surface area contributed by atoms with Crippen LogP contribution in [0.2, 0.25) is 0 Å². The van der Waals surface area contributed by atoms with Crippen molar-refractivity contribution in [3.63, 3.8) is 0 Å². The summed E-state index contributed by atoms with van der Waals surface area (Å²) in [6.45, 7) is 0.505. The Labute approximate surface area is 190 Å². The number of aromatic nitrogens is 3. The lowest BCUT2D eigenvalue weighted by molar-refractivity contribution is -0.118. The van der Waals surface area contributed by atoms with Gasteiger partial charge in [0.15, 0.2) is 22.5 Å². The summed E-state index contributed by atoms with van der Waals surface area (Å²) in [5, 5.41) is 12.0. The first-order chi connectivity index (χ1) is 15.6. The standard InChI is InChI=1S/C23H25FN4O3S/c1-30-19-10-7-15(13-20(19)31-2)11-12-25-21(29)14-32-23-27-26-22(28(23)16-8-9-16)17-5-3-4-6-18(17)24/h3-7,10,13,16H,8-9,11-12,14H2,1-2H3,(H,25,29). The summed E-state index contributed by atoms with van der Waals surface area (Å²) < 4.78 is 26.8. The van der Waals surface area contributed by atoms with Crippen LogP contribution in [0.25, 0.3) is 11.4 Å². The fourth-order valence-corrected chi connectivity index (χ4v) is 4.26. The molecule has 1 fully saturated rings. The van der Waals surface area contributed by atoms with E-state index in [2.05, 4.69) is 15.5 Å². The number of carbonyl (C=O) groups is 1. The molecule has 1 aromatic heterocycles. The number of halogens is 1. The van der Waals surface area contributed by atoms with Crippen LogP contribution in [0, 0.1) is 5.82 Å². The van der Waals surface area contributed by atoms with Crippen molar-refractivity contribution in [1.82, 2.24) is 20.1 Å². The third-order valence-corrected chi connectivity index (χ3v) is 6.15. The number of rotatable bonds is 10. The minimum absolute atomic E-state index is 0.0896. The van der Waals surface area contributed by atoms with Gasteiger partial charge >= 0.3 is 0 Å². The SMILES string of the molecule is COc1ccc(CCNC(=O)CSc2nnc(-c3ccccc3F)n2C2CC2)cc1OC. The summed E-state index contributed by atoms with van der Waals surface area (Å²) in [4.78, 5) is 12.4. The predicted molar refractivity (Wildman–Crippen MR) is 121 cm³/mol. The third-order valence-electron chi connectivity index (χ3n) is 5.21. The summed E-state index contributed by atoms with van der Waals surface area (Å²) in [7, 11) is 3.19. The molecule has 1 N–H and O–H groups in total. The highest BCUT2D eigenvalue weighted by molar-refractivity contribution is 7.99. The number of carbonyl (C=O) groups excluding carboxylic acids is 1. The molecule has 0 spiro atoms. The zero-order chi connectivity index (χ0) is 22.5. The Hall–Kier alpha value is -3.07. The number of nitrogens with zero attached hydrogens (tertiary/aromatic N) is 3. The van der Waals surface area contributed by atoms with Gasteiger partial charge in [0.05, 0.1) is 25.5 Å². The second-order valence-electron chi connectivity index (χ2n) is 7.47.